The van der Waals surface area contributed by atoms with Gasteiger partial charge in [0.15, 0.2) is 5.58 Å². The third kappa shape index (κ3) is 3.60. The number of hydrogen-bond acceptors (Lipinski definition) is 6. The van der Waals surface area contributed by atoms with Gasteiger partial charge < -0.3 is 14.2 Å². The minimum atomic E-state index is -0.0360. The monoisotopic (exact) mass is 473 g/mol. The number of aromatic nitrogens is 3. The van der Waals surface area contributed by atoms with Crippen LogP contribution < -0.4 is 4.90 Å². The molecule has 2 fully saturated rings. The summed E-state index contributed by atoms with van der Waals surface area (Å²) in [5.74, 6) is 1.13. The van der Waals surface area contributed by atoms with Gasteiger partial charge in [0.1, 0.15) is 11.3 Å². The maximum atomic E-state index is 13.7. The van der Waals surface area contributed by atoms with E-state index in [4.69, 9.17) is 16.0 Å². The molecule has 172 valence electrons. The van der Waals surface area contributed by atoms with Gasteiger partial charge in [0.25, 0.3) is 11.9 Å². The zero-order valence-electron chi connectivity index (χ0n) is 19.0. The van der Waals surface area contributed by atoms with Gasteiger partial charge in [-0.3, -0.25) is 4.79 Å². The molecule has 0 saturated carbocycles. The van der Waals surface area contributed by atoms with E-state index in [0.29, 0.717) is 46.2 Å². The molecule has 2 atom stereocenters. The fraction of sp³-hybridized carbons (Fsp3) is 0.308. The molecule has 4 heterocycles. The van der Waals surface area contributed by atoms with E-state index in [0.717, 1.165) is 36.2 Å². The summed E-state index contributed by atoms with van der Waals surface area (Å²) in [4.78, 5) is 31.4. The molecule has 7 nitrogen and oxygen atoms in total. The Morgan fingerprint density at radius 3 is 2.85 bits per heavy atom. The molecule has 2 aromatic heterocycles. The van der Waals surface area contributed by atoms with Crippen molar-refractivity contribution >= 4 is 34.6 Å². The van der Waals surface area contributed by atoms with Crippen LogP contribution >= 0.6 is 11.6 Å². The highest BCUT2D eigenvalue weighted by Crippen LogP contribution is 2.38. The number of fused-ring (bicyclic) bond motifs is 2. The normalized spacial score (nSPS) is 19.7. The molecule has 8 heteroatoms. The molecular formula is C26H24ClN5O2. The lowest BCUT2D eigenvalue weighted by atomic mass is 9.82. The van der Waals surface area contributed by atoms with E-state index in [-0.39, 0.29) is 11.9 Å². The largest absolute Gasteiger partial charge is 0.423 e. The van der Waals surface area contributed by atoms with Crippen molar-refractivity contribution in [3.8, 4) is 11.3 Å². The Kier molecular flexibility index (Phi) is 5.03. The Morgan fingerprint density at radius 2 is 2.00 bits per heavy atom. The molecule has 6 rings (SSSR count). The van der Waals surface area contributed by atoms with Gasteiger partial charge in [0.2, 0.25) is 0 Å². The number of aryl methyl sites for hydroxylation is 2. The first kappa shape index (κ1) is 21.1. The lowest BCUT2D eigenvalue weighted by molar-refractivity contribution is 0.0583. The molecule has 2 aromatic carbocycles. The summed E-state index contributed by atoms with van der Waals surface area (Å²) in [7, 11) is 0. The molecule has 0 aliphatic carbocycles. The second-order valence-corrected chi connectivity index (χ2v) is 9.61. The van der Waals surface area contributed by atoms with Gasteiger partial charge in [-0.25, -0.2) is 9.97 Å². The Labute approximate surface area is 202 Å². The summed E-state index contributed by atoms with van der Waals surface area (Å²) in [6, 6.07) is 14.3. The third-order valence-corrected chi connectivity index (χ3v) is 7.09. The number of anilines is 1. The van der Waals surface area contributed by atoms with E-state index in [1.807, 2.05) is 49.1 Å². The van der Waals surface area contributed by atoms with Crippen molar-refractivity contribution in [2.75, 3.05) is 24.5 Å². The van der Waals surface area contributed by atoms with Crippen LogP contribution in [0.4, 0.5) is 6.01 Å². The van der Waals surface area contributed by atoms with E-state index in [1.54, 1.807) is 12.3 Å². The zero-order valence-corrected chi connectivity index (χ0v) is 19.8. The molecule has 4 aromatic rings. The van der Waals surface area contributed by atoms with Crippen LogP contribution in [0.25, 0.3) is 22.4 Å². The van der Waals surface area contributed by atoms with Crippen LogP contribution in [-0.4, -0.2) is 51.4 Å². The van der Waals surface area contributed by atoms with Crippen molar-refractivity contribution in [1.82, 2.24) is 19.9 Å². The van der Waals surface area contributed by atoms with Gasteiger partial charge in [-0.1, -0.05) is 35.4 Å². The first-order chi connectivity index (χ1) is 16.5. The first-order valence-electron chi connectivity index (χ1n) is 11.5. The summed E-state index contributed by atoms with van der Waals surface area (Å²) in [6.45, 7) is 6.10. The maximum absolute atomic E-state index is 13.7. The number of piperidine rings is 1. The molecule has 2 aliphatic rings. The highest BCUT2D eigenvalue weighted by Gasteiger charge is 2.46. The van der Waals surface area contributed by atoms with Gasteiger partial charge in [-0.15, -0.1) is 0 Å². The van der Waals surface area contributed by atoms with Crippen molar-refractivity contribution in [2.45, 2.75) is 26.3 Å². The lowest BCUT2D eigenvalue weighted by Gasteiger charge is -2.52. The predicted molar refractivity (Wildman–Crippen MR) is 131 cm³/mol. The number of rotatable bonds is 3. The summed E-state index contributed by atoms with van der Waals surface area (Å²) in [6.07, 6.45) is 2.61. The van der Waals surface area contributed by atoms with Crippen LogP contribution in [0, 0.1) is 19.8 Å². The Bertz CT molecular complexity index is 1420. The van der Waals surface area contributed by atoms with E-state index in [1.165, 1.54) is 0 Å². The van der Waals surface area contributed by atoms with Crippen LogP contribution in [0.2, 0.25) is 5.02 Å². The fourth-order valence-corrected chi connectivity index (χ4v) is 5.19. The Morgan fingerprint density at radius 1 is 1.12 bits per heavy atom. The van der Waals surface area contributed by atoms with Crippen LogP contribution in [-0.2, 0) is 0 Å². The van der Waals surface area contributed by atoms with Gasteiger partial charge >= 0.3 is 0 Å². The predicted octanol–water partition coefficient (Wildman–Crippen LogP) is 4.91. The zero-order chi connectivity index (χ0) is 23.4. The van der Waals surface area contributed by atoms with E-state index in [9.17, 15) is 4.79 Å². The summed E-state index contributed by atoms with van der Waals surface area (Å²) < 4.78 is 5.99. The van der Waals surface area contributed by atoms with Crippen molar-refractivity contribution in [2.24, 2.45) is 5.92 Å². The summed E-state index contributed by atoms with van der Waals surface area (Å²) in [5.41, 5.74) is 4.74. The number of carbonyl (C=O) groups is 1. The van der Waals surface area contributed by atoms with Crippen molar-refractivity contribution in [3.05, 3.63) is 70.6 Å². The molecule has 0 N–H and O–H groups in total. The number of benzene rings is 2. The third-order valence-electron chi connectivity index (χ3n) is 6.86. The highest BCUT2D eigenvalue weighted by molar-refractivity contribution is 6.31. The van der Waals surface area contributed by atoms with Crippen molar-refractivity contribution in [1.29, 1.82) is 0 Å². The number of oxazole rings is 1. The van der Waals surface area contributed by atoms with Gasteiger partial charge in [0.05, 0.1) is 17.3 Å². The molecule has 34 heavy (non-hydrogen) atoms. The molecule has 0 spiro atoms. The van der Waals surface area contributed by atoms with Crippen molar-refractivity contribution in [3.63, 3.8) is 0 Å². The molecule has 2 saturated heterocycles. The number of hydrogen-bond donors (Lipinski definition) is 0. The minimum Gasteiger partial charge on any atom is -0.423 e. The first-order valence-corrected chi connectivity index (χ1v) is 11.9. The number of amides is 1. The standard InChI is InChI=1S/C26H24ClN5O2/c1-15-4-3-5-17(10-15)24-20(12-28-16(2)29-24)25(33)31-9-8-18-13-32(22(18)14-31)26-30-21-11-19(27)6-7-23(21)34-26/h3-7,10-12,18,22H,8-9,13-14H2,1-2H3/t18-,22-/m0/s1. The quantitative estimate of drug-likeness (QED) is 0.421. The maximum Gasteiger partial charge on any atom is 0.298 e. The fourth-order valence-electron chi connectivity index (χ4n) is 5.02. The van der Waals surface area contributed by atoms with Crippen molar-refractivity contribution < 1.29 is 9.21 Å². The van der Waals surface area contributed by atoms with Crippen LogP contribution in [0.5, 0.6) is 0 Å². The average molecular weight is 474 g/mol. The molecule has 0 radical (unpaired) electrons. The number of carbonyl (C=O) groups excluding carboxylic acids is 1. The van der Waals surface area contributed by atoms with Gasteiger partial charge in [-0.2, -0.15) is 4.98 Å². The lowest BCUT2D eigenvalue weighted by Crippen LogP contribution is -2.65. The summed E-state index contributed by atoms with van der Waals surface area (Å²) in [5, 5.41) is 0.632. The highest BCUT2D eigenvalue weighted by atomic mass is 35.5. The second kappa shape index (κ2) is 8.09. The topological polar surface area (TPSA) is 75.4 Å². The van der Waals surface area contributed by atoms with Gasteiger partial charge in [-0.05, 0) is 44.5 Å². The molecule has 0 unspecified atom stereocenters. The van der Waals surface area contributed by atoms with Crippen LogP contribution in [0.3, 0.4) is 0 Å². The number of halogens is 1. The summed E-state index contributed by atoms with van der Waals surface area (Å²) >= 11 is 6.10. The molecule has 2 aliphatic heterocycles. The minimum absolute atomic E-state index is 0.0360. The van der Waals surface area contributed by atoms with Gasteiger partial charge in [0, 0.05) is 42.3 Å². The molecule has 0 bridgehead atoms. The Hall–Kier alpha value is -3.45. The molecule has 1 amide bonds. The van der Waals surface area contributed by atoms with Crippen LogP contribution in [0.1, 0.15) is 28.2 Å². The average Bonchev–Trinajstić information content (AvgIpc) is 3.21. The van der Waals surface area contributed by atoms with E-state index in [2.05, 4.69) is 25.9 Å². The number of nitrogens with zero attached hydrogens (tertiary/aromatic N) is 5. The van der Waals surface area contributed by atoms with E-state index < -0.39 is 0 Å². The Balaban J connectivity index is 1.27. The molecular weight excluding hydrogens is 450 g/mol. The SMILES string of the molecule is Cc1cccc(-c2nc(C)ncc2C(=O)N2CC[C@H]3CN(c4nc5cc(Cl)ccc5o4)[C@H]3C2)c1. The smallest absolute Gasteiger partial charge is 0.298 e. The number of likely N-dealkylation sites (tertiary alicyclic amines) is 1. The van der Waals surface area contributed by atoms with E-state index >= 15 is 0 Å². The van der Waals surface area contributed by atoms with Crippen LogP contribution in [0.15, 0.2) is 53.1 Å². The second-order valence-electron chi connectivity index (χ2n) is 9.18.